The van der Waals surface area contributed by atoms with Crippen molar-refractivity contribution in [1.29, 1.82) is 0 Å². The van der Waals surface area contributed by atoms with E-state index >= 15 is 0 Å². The molecule has 0 heterocycles. The van der Waals surface area contributed by atoms with E-state index < -0.39 is 29.3 Å². The summed E-state index contributed by atoms with van der Waals surface area (Å²) in [5.74, 6) is -2.95. The number of carbonyl (C=O) groups excluding carboxylic acids is 2. The normalized spacial score (nSPS) is 15.7. The van der Waals surface area contributed by atoms with Crippen LogP contribution in [0.25, 0.3) is 0 Å². The van der Waals surface area contributed by atoms with Gasteiger partial charge in [0.2, 0.25) is 0 Å². The Morgan fingerprint density at radius 3 is 1.59 bits per heavy atom. The van der Waals surface area contributed by atoms with E-state index in [9.17, 15) is 19.2 Å². The second-order valence-electron chi connectivity index (χ2n) is 10.6. The predicted molar refractivity (Wildman–Crippen MR) is 159 cm³/mol. The molecule has 0 amide bonds. The number of carboxylic acid groups (broad SMARTS) is 2. The quantitative estimate of drug-likeness (QED) is 0.135. The monoisotopic (exact) mass is 572 g/mol. The molecule has 2 rings (SSSR count). The summed E-state index contributed by atoms with van der Waals surface area (Å²) in [4.78, 5) is 46.0. The van der Waals surface area contributed by atoms with Crippen LogP contribution in [-0.4, -0.2) is 47.3 Å². The molecule has 1 aliphatic rings. The predicted octanol–water partition coefficient (Wildman–Crippen LogP) is 7.77. The fourth-order valence-electron chi connectivity index (χ4n) is 4.27. The van der Waals surface area contributed by atoms with Crippen molar-refractivity contribution in [3.63, 3.8) is 0 Å². The van der Waals surface area contributed by atoms with E-state index in [0.717, 1.165) is 25.7 Å². The number of hydrogen-bond acceptors (Lipinski definition) is 6. The number of ether oxygens (including phenoxy) is 2. The third-order valence-electron chi connectivity index (χ3n) is 6.91. The molecule has 8 nitrogen and oxygen atoms in total. The number of rotatable bonds is 18. The molecule has 1 aromatic rings. The van der Waals surface area contributed by atoms with Crippen LogP contribution in [0.3, 0.4) is 0 Å². The van der Waals surface area contributed by atoms with Crippen LogP contribution in [0.1, 0.15) is 125 Å². The summed E-state index contributed by atoms with van der Waals surface area (Å²) in [5, 5.41) is 17.5. The van der Waals surface area contributed by atoms with Gasteiger partial charge in [-0.05, 0) is 38.3 Å². The van der Waals surface area contributed by atoms with Crippen molar-refractivity contribution < 1.29 is 38.9 Å². The molecule has 0 saturated heterocycles. The van der Waals surface area contributed by atoms with Crippen molar-refractivity contribution in [2.24, 2.45) is 5.41 Å². The zero-order valence-electron chi connectivity index (χ0n) is 25.0. The fourth-order valence-corrected chi connectivity index (χ4v) is 4.27. The first-order valence-electron chi connectivity index (χ1n) is 14.9. The lowest BCUT2D eigenvalue weighted by molar-refractivity contribution is -0.145. The smallest absolute Gasteiger partial charge is 0.339 e. The minimum absolute atomic E-state index is 0.0359. The molecule has 0 aromatic heterocycles. The molecular weight excluding hydrogens is 524 g/mol. The zero-order valence-corrected chi connectivity index (χ0v) is 25.0. The Morgan fingerprint density at radius 1 is 0.732 bits per heavy atom. The van der Waals surface area contributed by atoms with Crippen LogP contribution >= 0.6 is 0 Å². The van der Waals surface area contributed by atoms with Crippen LogP contribution in [0.4, 0.5) is 0 Å². The number of carbonyl (C=O) groups is 4. The maximum absolute atomic E-state index is 12.4. The van der Waals surface area contributed by atoms with Gasteiger partial charge in [-0.2, -0.15) is 0 Å². The maximum Gasteiger partial charge on any atom is 0.339 e. The van der Waals surface area contributed by atoms with Crippen molar-refractivity contribution in [2.75, 3.05) is 13.2 Å². The van der Waals surface area contributed by atoms with E-state index in [4.69, 9.17) is 19.7 Å². The van der Waals surface area contributed by atoms with E-state index in [1.54, 1.807) is 24.3 Å². The Kier molecular flexibility index (Phi) is 17.8. The number of hydrogen-bond donors (Lipinski definition) is 2. The van der Waals surface area contributed by atoms with Crippen molar-refractivity contribution in [1.82, 2.24) is 0 Å². The van der Waals surface area contributed by atoms with Crippen LogP contribution in [0, 0.1) is 5.41 Å². The number of benzene rings is 1. The highest BCUT2D eigenvalue weighted by molar-refractivity contribution is 6.03. The van der Waals surface area contributed by atoms with Gasteiger partial charge in [-0.25, -0.2) is 14.4 Å². The first-order valence-corrected chi connectivity index (χ1v) is 14.9. The Balaban J connectivity index is 0.000000537. The molecule has 0 aliphatic heterocycles. The molecule has 228 valence electrons. The second kappa shape index (κ2) is 20.5. The van der Waals surface area contributed by atoms with Gasteiger partial charge in [-0.15, -0.1) is 0 Å². The zero-order chi connectivity index (χ0) is 30.5. The Morgan fingerprint density at radius 2 is 1.17 bits per heavy atom. The highest BCUT2D eigenvalue weighted by atomic mass is 16.5. The number of aliphatic carboxylic acids is 2. The fraction of sp³-hybridized carbons (Fsp3) is 0.576. The Bertz CT molecular complexity index is 977. The molecule has 41 heavy (non-hydrogen) atoms. The molecule has 0 saturated carbocycles. The first kappa shape index (κ1) is 35.6. The summed E-state index contributed by atoms with van der Waals surface area (Å²) < 4.78 is 10.7. The van der Waals surface area contributed by atoms with E-state index in [2.05, 4.69) is 13.8 Å². The number of carboxylic acids is 2. The third-order valence-corrected chi connectivity index (χ3v) is 6.91. The topological polar surface area (TPSA) is 127 Å². The van der Waals surface area contributed by atoms with Gasteiger partial charge in [-0.1, -0.05) is 108 Å². The average molecular weight is 573 g/mol. The molecule has 0 bridgehead atoms. The number of unbranched alkanes of at least 4 members (excludes halogenated alkanes) is 10. The van der Waals surface area contributed by atoms with Gasteiger partial charge in [0.25, 0.3) is 0 Å². The molecule has 1 unspecified atom stereocenters. The maximum atomic E-state index is 12.4. The molecule has 0 spiro atoms. The summed E-state index contributed by atoms with van der Waals surface area (Å²) in [6.07, 6.45) is 18.1. The standard InChI is InChI=1S/C24H38O4.C9H10O4/c1-3-5-7-9-11-15-19-27-23(25)21-17-13-14-18-22(21)24(26)28-20-16-12-10-8-6-4-2;1-9(8(12)13)4-2-3-6(5-9)7(10)11/h13-14,17-18H,3-12,15-16,19-20H2,1-2H3;2-4H,5H2,1H3,(H,10,11)(H,12,13). The number of allylic oxidation sites excluding steroid dienone is 2. The summed E-state index contributed by atoms with van der Waals surface area (Å²) in [6, 6.07) is 6.74. The summed E-state index contributed by atoms with van der Waals surface area (Å²) >= 11 is 0. The summed E-state index contributed by atoms with van der Waals surface area (Å²) in [7, 11) is 0. The van der Waals surface area contributed by atoms with Crippen LogP contribution in [-0.2, 0) is 19.1 Å². The Hall–Kier alpha value is -3.42. The van der Waals surface area contributed by atoms with E-state index in [1.807, 2.05) is 0 Å². The van der Waals surface area contributed by atoms with Gasteiger partial charge in [0.05, 0.1) is 29.8 Å². The van der Waals surface area contributed by atoms with Gasteiger partial charge in [-0.3, -0.25) is 4.79 Å². The molecule has 8 heteroatoms. The van der Waals surface area contributed by atoms with Gasteiger partial charge >= 0.3 is 23.9 Å². The van der Waals surface area contributed by atoms with Crippen LogP contribution in [0.5, 0.6) is 0 Å². The van der Waals surface area contributed by atoms with E-state index in [-0.39, 0.29) is 12.0 Å². The molecule has 0 fully saturated rings. The Labute approximate surface area is 244 Å². The lowest BCUT2D eigenvalue weighted by atomic mass is 9.80. The van der Waals surface area contributed by atoms with E-state index in [0.29, 0.717) is 24.3 Å². The lowest BCUT2D eigenvalue weighted by Gasteiger charge is -2.23. The van der Waals surface area contributed by atoms with Crippen molar-refractivity contribution in [3.8, 4) is 0 Å². The summed E-state index contributed by atoms with van der Waals surface area (Å²) in [6.45, 7) is 6.68. The average Bonchev–Trinajstić information content (AvgIpc) is 2.96. The minimum Gasteiger partial charge on any atom is -0.481 e. The van der Waals surface area contributed by atoms with Gasteiger partial charge in [0, 0.05) is 5.57 Å². The second-order valence-corrected chi connectivity index (χ2v) is 10.6. The van der Waals surface area contributed by atoms with Gasteiger partial charge < -0.3 is 19.7 Å². The van der Waals surface area contributed by atoms with Crippen molar-refractivity contribution in [3.05, 3.63) is 59.2 Å². The molecule has 1 aliphatic carbocycles. The molecular formula is C33H48O8. The van der Waals surface area contributed by atoms with Gasteiger partial charge in [0.1, 0.15) is 0 Å². The SMILES string of the molecule is CC1(C(=O)O)C=CC=C(C(=O)O)C1.CCCCCCCCOC(=O)c1ccccc1C(=O)OCCCCCCCC. The lowest BCUT2D eigenvalue weighted by Crippen LogP contribution is -2.28. The van der Waals surface area contributed by atoms with Crippen LogP contribution in [0.2, 0.25) is 0 Å². The molecule has 1 atom stereocenters. The van der Waals surface area contributed by atoms with Crippen molar-refractivity contribution in [2.45, 2.75) is 104 Å². The largest absolute Gasteiger partial charge is 0.481 e. The van der Waals surface area contributed by atoms with Gasteiger partial charge in [0.15, 0.2) is 0 Å². The summed E-state index contributed by atoms with van der Waals surface area (Å²) in [5.41, 5.74) is -0.363. The highest BCUT2D eigenvalue weighted by Gasteiger charge is 2.34. The van der Waals surface area contributed by atoms with Crippen LogP contribution < -0.4 is 0 Å². The molecule has 0 radical (unpaired) electrons. The number of esters is 2. The van der Waals surface area contributed by atoms with Crippen LogP contribution in [0.15, 0.2) is 48.1 Å². The molecule has 2 N–H and O–H groups in total. The third kappa shape index (κ3) is 14.2. The highest BCUT2D eigenvalue weighted by Crippen LogP contribution is 2.31. The first-order chi connectivity index (χ1) is 19.7. The minimum atomic E-state index is -1.08. The van der Waals surface area contributed by atoms with Crippen molar-refractivity contribution >= 4 is 23.9 Å². The molecule has 1 aromatic carbocycles. The van der Waals surface area contributed by atoms with E-state index in [1.165, 1.54) is 76.5 Å².